The van der Waals surface area contributed by atoms with Gasteiger partial charge in [-0.3, -0.25) is 4.79 Å². The van der Waals surface area contributed by atoms with Gasteiger partial charge in [0.2, 0.25) is 5.82 Å². The summed E-state index contributed by atoms with van der Waals surface area (Å²) in [5, 5.41) is 5.85. The average Bonchev–Trinajstić information content (AvgIpc) is 3.43. The smallest absolute Gasteiger partial charge is 0.282 e. The van der Waals surface area contributed by atoms with Crippen LogP contribution in [0.5, 0.6) is 17.2 Å². The Morgan fingerprint density at radius 2 is 1.90 bits per heavy atom. The molecule has 0 bridgehead atoms. The van der Waals surface area contributed by atoms with Crippen molar-refractivity contribution in [3.63, 3.8) is 0 Å². The molecule has 0 radical (unpaired) electrons. The van der Waals surface area contributed by atoms with Gasteiger partial charge < -0.3 is 18.6 Å². The fourth-order valence-corrected chi connectivity index (χ4v) is 4.58. The Morgan fingerprint density at radius 3 is 2.66 bits per heavy atom. The van der Waals surface area contributed by atoms with E-state index in [1.807, 2.05) is 62.4 Å². The number of para-hydroxylation sites is 1. The van der Waals surface area contributed by atoms with Gasteiger partial charge in [-0.15, -0.1) is 6.58 Å². The molecule has 0 unspecified atom stereocenters. The van der Waals surface area contributed by atoms with E-state index in [9.17, 15) is 4.79 Å². The van der Waals surface area contributed by atoms with Crippen LogP contribution in [-0.4, -0.2) is 35.7 Å². The second-order valence-corrected chi connectivity index (χ2v) is 9.57. The molecule has 2 aromatic heterocycles. The van der Waals surface area contributed by atoms with Gasteiger partial charge in [-0.05, 0) is 74.7 Å². The minimum absolute atomic E-state index is 0.0181. The highest BCUT2D eigenvalue weighted by Crippen LogP contribution is 2.35. The van der Waals surface area contributed by atoms with E-state index in [0.717, 1.165) is 22.9 Å². The van der Waals surface area contributed by atoms with Crippen molar-refractivity contribution in [2.45, 2.75) is 39.7 Å². The average molecular weight is 552 g/mol. The van der Waals surface area contributed by atoms with E-state index in [-0.39, 0.29) is 17.5 Å². The van der Waals surface area contributed by atoms with Gasteiger partial charge in [0.25, 0.3) is 5.56 Å². The van der Waals surface area contributed by atoms with Crippen LogP contribution in [0, 0.1) is 0 Å². The first kappa shape index (κ1) is 27.7. The van der Waals surface area contributed by atoms with Gasteiger partial charge in [-0.2, -0.15) is 9.78 Å². The Bertz CT molecular complexity index is 1800. The molecule has 0 amide bonds. The zero-order valence-corrected chi connectivity index (χ0v) is 23.7. The van der Waals surface area contributed by atoms with Crippen molar-refractivity contribution in [3.8, 4) is 28.8 Å². The molecule has 0 saturated carbocycles. The number of rotatable bonds is 11. The van der Waals surface area contributed by atoms with Crippen LogP contribution in [0.25, 0.3) is 33.5 Å². The Balaban J connectivity index is 1.67. The van der Waals surface area contributed by atoms with E-state index in [1.165, 1.54) is 4.68 Å². The number of furan rings is 1. The van der Waals surface area contributed by atoms with Gasteiger partial charge in [0, 0.05) is 5.56 Å². The molecule has 0 saturated heterocycles. The molecule has 0 spiro atoms. The van der Waals surface area contributed by atoms with Gasteiger partial charge in [-0.1, -0.05) is 31.2 Å². The van der Waals surface area contributed by atoms with Crippen LogP contribution < -0.4 is 19.8 Å². The third-order valence-corrected chi connectivity index (χ3v) is 6.75. The van der Waals surface area contributed by atoms with Crippen molar-refractivity contribution >= 4 is 28.1 Å². The molecule has 3 aromatic carbocycles. The molecule has 0 aliphatic carbocycles. The fourth-order valence-electron chi connectivity index (χ4n) is 4.58. The SMILES string of the molecule is C=CCc1cc(C=Nn2c(-c3cc4c(OC)cccc4o3)nc3ccccc3c2=O)cc(OCC)c1O[C@H](C)CC. The molecular weight excluding hydrogens is 518 g/mol. The Morgan fingerprint density at radius 1 is 1.07 bits per heavy atom. The molecule has 2 heterocycles. The number of methoxy groups -OCH3 is 1. The number of hydrogen-bond donors (Lipinski definition) is 0. The normalized spacial score (nSPS) is 12.2. The number of hydrogen-bond acceptors (Lipinski definition) is 7. The molecule has 0 aliphatic rings. The monoisotopic (exact) mass is 551 g/mol. The largest absolute Gasteiger partial charge is 0.496 e. The molecule has 5 aromatic rings. The van der Waals surface area contributed by atoms with Gasteiger partial charge in [0.05, 0.1) is 42.3 Å². The molecule has 0 aliphatic heterocycles. The second kappa shape index (κ2) is 12.1. The van der Waals surface area contributed by atoms with E-state index in [4.69, 9.17) is 23.6 Å². The zero-order chi connectivity index (χ0) is 28.9. The van der Waals surface area contributed by atoms with Crippen LogP contribution >= 0.6 is 0 Å². The lowest BCUT2D eigenvalue weighted by molar-refractivity contribution is 0.201. The van der Waals surface area contributed by atoms with Gasteiger partial charge >= 0.3 is 0 Å². The van der Waals surface area contributed by atoms with Crippen LogP contribution in [0.3, 0.4) is 0 Å². The van der Waals surface area contributed by atoms with Crippen LogP contribution in [0.4, 0.5) is 0 Å². The van der Waals surface area contributed by atoms with E-state index in [1.54, 1.807) is 31.5 Å². The molecule has 8 nitrogen and oxygen atoms in total. The Kier molecular flexibility index (Phi) is 8.19. The van der Waals surface area contributed by atoms with Crippen molar-refractivity contribution in [3.05, 3.63) is 94.8 Å². The molecule has 41 heavy (non-hydrogen) atoms. The predicted octanol–water partition coefficient (Wildman–Crippen LogP) is 7.01. The molecule has 1 atom stereocenters. The maximum atomic E-state index is 13.7. The summed E-state index contributed by atoms with van der Waals surface area (Å²) in [6.45, 7) is 10.4. The van der Waals surface area contributed by atoms with Crippen molar-refractivity contribution in [1.82, 2.24) is 9.66 Å². The summed E-state index contributed by atoms with van der Waals surface area (Å²) in [4.78, 5) is 18.5. The molecule has 0 N–H and O–H groups in total. The van der Waals surface area contributed by atoms with E-state index < -0.39 is 0 Å². The number of fused-ring (bicyclic) bond motifs is 2. The van der Waals surface area contributed by atoms with Crippen molar-refractivity contribution < 1.29 is 18.6 Å². The van der Waals surface area contributed by atoms with Gasteiger partial charge in [0.15, 0.2) is 17.3 Å². The Labute approximate surface area is 238 Å². The summed E-state index contributed by atoms with van der Waals surface area (Å²) in [6, 6.07) is 18.4. The summed E-state index contributed by atoms with van der Waals surface area (Å²) in [6.07, 6.45) is 4.89. The van der Waals surface area contributed by atoms with Gasteiger partial charge in [-0.25, -0.2) is 4.98 Å². The first-order valence-electron chi connectivity index (χ1n) is 13.7. The van der Waals surface area contributed by atoms with Crippen molar-refractivity contribution in [2.24, 2.45) is 5.10 Å². The number of aromatic nitrogens is 2. The zero-order valence-electron chi connectivity index (χ0n) is 23.7. The number of allylic oxidation sites excluding steroid dienone is 1. The highest BCUT2D eigenvalue weighted by molar-refractivity contribution is 5.89. The summed E-state index contributed by atoms with van der Waals surface area (Å²) in [7, 11) is 1.60. The second-order valence-electron chi connectivity index (χ2n) is 9.57. The van der Waals surface area contributed by atoms with Crippen molar-refractivity contribution in [2.75, 3.05) is 13.7 Å². The number of nitrogens with zero attached hydrogens (tertiary/aromatic N) is 3. The van der Waals surface area contributed by atoms with Crippen LogP contribution in [0.2, 0.25) is 0 Å². The Hall–Kier alpha value is -4.85. The lowest BCUT2D eigenvalue weighted by atomic mass is 10.1. The highest BCUT2D eigenvalue weighted by Gasteiger charge is 2.19. The number of ether oxygens (including phenoxy) is 3. The summed E-state index contributed by atoms with van der Waals surface area (Å²) in [5.41, 5.74) is 2.50. The lowest BCUT2D eigenvalue weighted by Gasteiger charge is -2.20. The van der Waals surface area contributed by atoms with E-state index in [2.05, 4.69) is 18.6 Å². The standard InChI is InChI=1S/C33H33N3O5/c1-6-12-23-17-22(18-29(39-8-3)31(23)40-21(4)7-2)20-34-36-32(35-26-14-10-9-13-24(26)33(36)37)30-19-25-27(38-5)15-11-16-28(25)41-30/h6,9-11,13-21H,1,7-8,12H2,2-5H3/t21-/m1/s1. The third kappa shape index (κ3) is 5.59. The minimum atomic E-state index is -0.317. The van der Waals surface area contributed by atoms with E-state index in [0.29, 0.717) is 52.5 Å². The molecule has 210 valence electrons. The minimum Gasteiger partial charge on any atom is -0.496 e. The maximum Gasteiger partial charge on any atom is 0.282 e. The topological polar surface area (TPSA) is 88.1 Å². The quantitative estimate of drug-likeness (QED) is 0.130. The third-order valence-electron chi connectivity index (χ3n) is 6.75. The first-order valence-corrected chi connectivity index (χ1v) is 13.7. The first-order chi connectivity index (χ1) is 20.0. The highest BCUT2D eigenvalue weighted by atomic mass is 16.5. The molecule has 0 fully saturated rings. The summed E-state index contributed by atoms with van der Waals surface area (Å²) < 4.78 is 25.1. The number of benzene rings is 3. The molecule has 8 heteroatoms. The molecule has 5 rings (SSSR count). The summed E-state index contributed by atoms with van der Waals surface area (Å²) in [5.74, 6) is 2.64. The fraction of sp³-hybridized carbons (Fsp3) is 0.242. The lowest BCUT2D eigenvalue weighted by Crippen LogP contribution is -2.20. The van der Waals surface area contributed by atoms with Crippen LogP contribution in [-0.2, 0) is 6.42 Å². The van der Waals surface area contributed by atoms with E-state index >= 15 is 0 Å². The molecular formula is C33H33N3O5. The maximum absolute atomic E-state index is 13.7. The van der Waals surface area contributed by atoms with Crippen molar-refractivity contribution in [1.29, 1.82) is 0 Å². The summed E-state index contributed by atoms with van der Waals surface area (Å²) >= 11 is 0. The van der Waals surface area contributed by atoms with Gasteiger partial charge in [0.1, 0.15) is 11.3 Å². The van der Waals surface area contributed by atoms with Crippen LogP contribution in [0.15, 0.2) is 87.6 Å². The van der Waals surface area contributed by atoms with Crippen LogP contribution in [0.1, 0.15) is 38.3 Å². The predicted molar refractivity (Wildman–Crippen MR) is 163 cm³/mol.